The molecule has 3 aromatic rings. The van der Waals surface area contributed by atoms with E-state index in [9.17, 15) is 37.1 Å². The van der Waals surface area contributed by atoms with Gasteiger partial charge in [0.05, 0.1) is 16.7 Å². The van der Waals surface area contributed by atoms with E-state index in [2.05, 4.69) is 15.0 Å². The van der Waals surface area contributed by atoms with Crippen molar-refractivity contribution in [1.82, 2.24) is 20.0 Å². The van der Waals surface area contributed by atoms with Crippen LogP contribution >= 0.6 is 0 Å². The summed E-state index contributed by atoms with van der Waals surface area (Å²) in [6.07, 6.45) is -3.84. The van der Waals surface area contributed by atoms with E-state index in [1.54, 1.807) is 23.1 Å². The summed E-state index contributed by atoms with van der Waals surface area (Å²) in [5.41, 5.74) is 2.94. The van der Waals surface area contributed by atoms with E-state index in [0.29, 0.717) is 19.6 Å². The summed E-state index contributed by atoms with van der Waals surface area (Å²) in [5.74, 6) is -2.86. The molecule has 4 aliphatic rings. The average molecular weight is 661 g/mol. The lowest BCUT2D eigenvalue weighted by Gasteiger charge is -2.46. The number of ether oxygens (including phenoxy) is 1. The molecule has 2 bridgehead atoms. The van der Waals surface area contributed by atoms with Crippen LogP contribution in [0.3, 0.4) is 0 Å². The molecule has 248 valence electrons. The number of nitrogens with zero attached hydrogens (tertiary/aromatic N) is 3. The zero-order valence-corrected chi connectivity index (χ0v) is 25.7. The number of fused-ring (bicyclic) bond motifs is 3. The van der Waals surface area contributed by atoms with Crippen LogP contribution in [0.4, 0.5) is 13.2 Å². The van der Waals surface area contributed by atoms with Gasteiger partial charge in [-0.2, -0.15) is 0 Å². The monoisotopic (exact) mass is 660 g/mol. The van der Waals surface area contributed by atoms with Crippen LogP contribution in [0.2, 0.25) is 0 Å². The SMILES string of the molecule is O=C1CCC(N2C(=O)c3ccc(-c4cccc(CN5CC6CC(C5)CN(C(=O)c5ccccc5OC(F)(F)F)C6)c4)cc3C2=O)C(=O)N1. The Morgan fingerprint density at radius 3 is 2.27 bits per heavy atom. The maximum atomic E-state index is 13.3. The molecule has 4 aliphatic heterocycles. The second-order valence-electron chi connectivity index (χ2n) is 12.8. The quantitative estimate of drug-likeness (QED) is 0.393. The van der Waals surface area contributed by atoms with Gasteiger partial charge in [-0.05, 0) is 71.7 Å². The van der Waals surface area contributed by atoms with Crippen molar-refractivity contribution in [2.45, 2.75) is 38.2 Å². The number of hydrogen-bond acceptors (Lipinski definition) is 7. The number of hydrogen-bond donors (Lipinski definition) is 1. The first-order valence-corrected chi connectivity index (χ1v) is 15.7. The van der Waals surface area contributed by atoms with Gasteiger partial charge in [-0.25, -0.2) is 0 Å². The van der Waals surface area contributed by atoms with E-state index in [1.165, 1.54) is 18.2 Å². The van der Waals surface area contributed by atoms with Crippen LogP contribution in [-0.4, -0.2) is 82.8 Å². The van der Waals surface area contributed by atoms with Gasteiger partial charge in [-0.1, -0.05) is 36.4 Å². The molecule has 3 atom stereocenters. The van der Waals surface area contributed by atoms with E-state index in [0.717, 1.165) is 47.2 Å². The summed E-state index contributed by atoms with van der Waals surface area (Å²) in [6, 6.07) is 17.3. The fourth-order valence-electron chi connectivity index (χ4n) is 7.47. The number of likely N-dealkylation sites (tertiary alicyclic amines) is 2. The van der Waals surface area contributed by atoms with Crippen molar-refractivity contribution in [3.8, 4) is 16.9 Å². The van der Waals surface area contributed by atoms with Crippen molar-refractivity contribution in [3.63, 3.8) is 0 Å². The molecule has 5 amide bonds. The fraction of sp³-hybridized carbons (Fsp3) is 0.343. The minimum atomic E-state index is -4.90. The zero-order chi connectivity index (χ0) is 33.7. The molecule has 13 heteroatoms. The van der Waals surface area contributed by atoms with Gasteiger partial charge in [0.1, 0.15) is 11.8 Å². The minimum Gasteiger partial charge on any atom is -0.405 e. The molecule has 0 aromatic heterocycles. The molecule has 0 radical (unpaired) electrons. The highest BCUT2D eigenvalue weighted by Gasteiger charge is 2.45. The van der Waals surface area contributed by atoms with Gasteiger partial charge < -0.3 is 9.64 Å². The molecule has 0 spiro atoms. The molecule has 48 heavy (non-hydrogen) atoms. The van der Waals surface area contributed by atoms with Crippen molar-refractivity contribution in [1.29, 1.82) is 0 Å². The summed E-state index contributed by atoms with van der Waals surface area (Å²) in [5, 5.41) is 2.20. The van der Waals surface area contributed by atoms with E-state index >= 15 is 0 Å². The highest BCUT2D eigenvalue weighted by molar-refractivity contribution is 6.23. The number of carbonyl (C=O) groups is 5. The first kappa shape index (κ1) is 31.6. The first-order chi connectivity index (χ1) is 22.9. The van der Waals surface area contributed by atoms with Crippen LogP contribution < -0.4 is 10.1 Å². The summed E-state index contributed by atoms with van der Waals surface area (Å²) in [7, 11) is 0. The number of amides is 5. The Morgan fingerprint density at radius 2 is 1.54 bits per heavy atom. The smallest absolute Gasteiger partial charge is 0.405 e. The van der Waals surface area contributed by atoms with E-state index in [-0.39, 0.29) is 41.4 Å². The molecule has 3 fully saturated rings. The zero-order valence-electron chi connectivity index (χ0n) is 25.7. The second-order valence-corrected chi connectivity index (χ2v) is 12.8. The number of imide groups is 2. The summed E-state index contributed by atoms with van der Waals surface area (Å²) < 4.78 is 42.9. The fourth-order valence-corrected chi connectivity index (χ4v) is 7.47. The minimum absolute atomic E-state index is 0.0477. The Labute approximate surface area is 273 Å². The van der Waals surface area contributed by atoms with Crippen molar-refractivity contribution >= 4 is 29.5 Å². The molecule has 3 saturated heterocycles. The molecule has 3 aromatic carbocycles. The van der Waals surface area contributed by atoms with Crippen molar-refractivity contribution in [3.05, 3.63) is 89.0 Å². The summed E-state index contributed by atoms with van der Waals surface area (Å²) in [6.45, 7) is 2.95. The van der Waals surface area contributed by atoms with Crippen molar-refractivity contribution < 1.29 is 41.9 Å². The third-order valence-electron chi connectivity index (χ3n) is 9.39. The summed E-state index contributed by atoms with van der Waals surface area (Å²) in [4.78, 5) is 68.6. The van der Waals surface area contributed by atoms with Crippen LogP contribution in [0.15, 0.2) is 66.7 Å². The lowest BCUT2D eigenvalue weighted by atomic mass is 9.84. The molecular weight excluding hydrogens is 629 g/mol. The first-order valence-electron chi connectivity index (χ1n) is 15.7. The molecule has 7 rings (SSSR count). The van der Waals surface area contributed by atoms with Gasteiger partial charge in [0.25, 0.3) is 17.7 Å². The lowest BCUT2D eigenvalue weighted by molar-refractivity contribution is -0.274. The number of piperidine rings is 3. The summed E-state index contributed by atoms with van der Waals surface area (Å²) >= 11 is 0. The van der Waals surface area contributed by atoms with Gasteiger partial charge in [0.15, 0.2) is 0 Å². The third kappa shape index (κ3) is 6.17. The van der Waals surface area contributed by atoms with Crippen LogP contribution in [-0.2, 0) is 16.1 Å². The Hall–Kier alpha value is -5.04. The standard InChI is InChI=1S/C35H31F3N4O6/c36-35(37,38)48-29-7-2-1-6-26(29)32(45)41-18-21-12-22(19-41)17-40(16-21)15-20-4-3-5-23(13-20)24-8-9-25-27(14-24)34(47)42(33(25)46)28-10-11-30(43)39-31(28)44/h1-9,13-14,21-22,28H,10-12,15-19H2,(H,39,43,44). The number of nitrogens with one attached hydrogen (secondary N) is 1. The highest BCUT2D eigenvalue weighted by atomic mass is 19.4. The van der Waals surface area contributed by atoms with Gasteiger partial charge in [0, 0.05) is 39.1 Å². The molecule has 10 nitrogen and oxygen atoms in total. The average Bonchev–Trinajstić information content (AvgIpc) is 3.28. The third-order valence-corrected chi connectivity index (χ3v) is 9.39. The highest BCUT2D eigenvalue weighted by Crippen LogP contribution is 2.35. The number of carbonyl (C=O) groups excluding carboxylic acids is 5. The predicted octanol–water partition coefficient (Wildman–Crippen LogP) is 4.25. The van der Waals surface area contributed by atoms with Crippen molar-refractivity contribution in [2.24, 2.45) is 11.8 Å². The van der Waals surface area contributed by atoms with Crippen LogP contribution in [0.5, 0.6) is 5.75 Å². The van der Waals surface area contributed by atoms with E-state index in [4.69, 9.17) is 0 Å². The number of para-hydroxylation sites is 1. The molecule has 4 heterocycles. The number of benzene rings is 3. The van der Waals surface area contributed by atoms with Gasteiger partial charge in [0.2, 0.25) is 11.8 Å². The Morgan fingerprint density at radius 1 is 0.833 bits per heavy atom. The van der Waals surface area contributed by atoms with Gasteiger partial charge in [-0.15, -0.1) is 13.2 Å². The lowest BCUT2D eigenvalue weighted by Crippen LogP contribution is -2.54. The van der Waals surface area contributed by atoms with Crippen LogP contribution in [0.1, 0.15) is 55.9 Å². The molecule has 3 unspecified atom stereocenters. The molecule has 1 N–H and O–H groups in total. The Bertz CT molecular complexity index is 1830. The van der Waals surface area contributed by atoms with Gasteiger partial charge >= 0.3 is 6.36 Å². The van der Waals surface area contributed by atoms with Gasteiger partial charge in [-0.3, -0.25) is 39.1 Å². The van der Waals surface area contributed by atoms with E-state index in [1.807, 2.05) is 24.3 Å². The maximum Gasteiger partial charge on any atom is 0.573 e. The van der Waals surface area contributed by atoms with Crippen molar-refractivity contribution in [2.75, 3.05) is 26.2 Å². The largest absolute Gasteiger partial charge is 0.573 e. The second kappa shape index (κ2) is 12.2. The van der Waals surface area contributed by atoms with Crippen LogP contribution in [0.25, 0.3) is 11.1 Å². The predicted molar refractivity (Wildman–Crippen MR) is 164 cm³/mol. The Balaban J connectivity index is 1.02. The normalized spacial score (nSPS) is 22.9. The number of rotatable bonds is 6. The number of alkyl halides is 3. The molecule has 0 aliphatic carbocycles. The topological polar surface area (TPSA) is 116 Å². The number of halogens is 3. The molecule has 0 saturated carbocycles. The maximum absolute atomic E-state index is 13.3. The Kier molecular flexibility index (Phi) is 8.02. The van der Waals surface area contributed by atoms with E-state index < -0.39 is 47.7 Å². The van der Waals surface area contributed by atoms with Crippen LogP contribution in [0, 0.1) is 11.8 Å². The molecular formula is C35H31F3N4O6.